The van der Waals surface area contributed by atoms with Gasteiger partial charge in [-0.3, -0.25) is 9.36 Å². The summed E-state index contributed by atoms with van der Waals surface area (Å²) in [6.07, 6.45) is 0. The zero-order valence-corrected chi connectivity index (χ0v) is 9.47. The number of fused-ring (bicyclic) bond motifs is 1. The summed E-state index contributed by atoms with van der Waals surface area (Å²) < 4.78 is 1.88. The molecule has 0 unspecified atom stereocenters. The number of benzene rings is 1. The van der Waals surface area contributed by atoms with E-state index in [9.17, 15) is 4.79 Å². The molecule has 2 rings (SSSR count). The van der Waals surface area contributed by atoms with E-state index >= 15 is 0 Å². The molecule has 16 heavy (non-hydrogen) atoms. The summed E-state index contributed by atoms with van der Waals surface area (Å²) in [5, 5.41) is 9.27. The second-order valence-electron chi connectivity index (χ2n) is 3.35. The number of hydrogen-bond donors (Lipinski definition) is 1. The van der Waals surface area contributed by atoms with Gasteiger partial charge in [-0.1, -0.05) is 0 Å². The zero-order valence-electron chi connectivity index (χ0n) is 8.65. The molecule has 80 valence electrons. The smallest absolute Gasteiger partial charge is 0.262 e. The third-order valence-corrected chi connectivity index (χ3v) is 2.75. The molecule has 1 heterocycles. The lowest BCUT2D eigenvalue weighted by Crippen LogP contribution is -2.21. The van der Waals surface area contributed by atoms with Crippen molar-refractivity contribution in [3.63, 3.8) is 0 Å². The molecule has 1 N–H and O–H groups in total. The first-order valence-electron chi connectivity index (χ1n) is 4.84. The lowest BCUT2D eigenvalue weighted by molar-refractivity contribution is 0.704. The van der Waals surface area contributed by atoms with Crippen LogP contribution in [0.5, 0.6) is 0 Å². The monoisotopic (exact) mass is 231 g/mol. The van der Waals surface area contributed by atoms with Gasteiger partial charge in [0.15, 0.2) is 4.77 Å². The summed E-state index contributed by atoms with van der Waals surface area (Å²) in [5.74, 6) is 0. The third-order valence-electron chi connectivity index (χ3n) is 2.43. The molecule has 4 nitrogen and oxygen atoms in total. The van der Waals surface area contributed by atoms with Crippen LogP contribution in [-0.4, -0.2) is 9.55 Å². The van der Waals surface area contributed by atoms with E-state index in [1.54, 1.807) is 18.2 Å². The van der Waals surface area contributed by atoms with Crippen LogP contribution in [0.2, 0.25) is 0 Å². The molecule has 5 heteroatoms. The van der Waals surface area contributed by atoms with E-state index in [1.807, 2.05) is 13.0 Å². The Morgan fingerprint density at radius 1 is 1.56 bits per heavy atom. The van der Waals surface area contributed by atoms with Crippen LogP contribution in [0.15, 0.2) is 23.0 Å². The predicted octanol–water partition coefficient (Wildman–Crippen LogP) is 1.95. The van der Waals surface area contributed by atoms with Crippen LogP contribution in [0.4, 0.5) is 0 Å². The maximum Gasteiger partial charge on any atom is 0.262 e. The quantitative estimate of drug-likeness (QED) is 0.763. The van der Waals surface area contributed by atoms with Gasteiger partial charge in [-0.25, -0.2) is 0 Å². The van der Waals surface area contributed by atoms with E-state index in [0.29, 0.717) is 27.8 Å². The topological polar surface area (TPSA) is 61.6 Å². The Bertz CT molecular complexity index is 706. The number of rotatable bonds is 1. The number of H-pyrrole nitrogens is 1. The molecule has 0 radical (unpaired) electrons. The van der Waals surface area contributed by atoms with Crippen LogP contribution < -0.4 is 5.56 Å². The molecule has 0 bridgehead atoms. The van der Waals surface area contributed by atoms with Gasteiger partial charge in [0.1, 0.15) is 0 Å². The second-order valence-corrected chi connectivity index (χ2v) is 3.74. The largest absolute Gasteiger partial charge is 0.332 e. The van der Waals surface area contributed by atoms with E-state index in [4.69, 9.17) is 17.5 Å². The lowest BCUT2D eigenvalue weighted by atomic mass is 10.1. The highest BCUT2D eigenvalue weighted by Gasteiger charge is 2.04. The number of nitriles is 1. The van der Waals surface area contributed by atoms with Crippen molar-refractivity contribution >= 4 is 23.1 Å². The van der Waals surface area contributed by atoms with Crippen LogP contribution in [0.1, 0.15) is 12.5 Å². The van der Waals surface area contributed by atoms with E-state index in [0.717, 1.165) is 0 Å². The van der Waals surface area contributed by atoms with Crippen LogP contribution in [-0.2, 0) is 6.54 Å². The average molecular weight is 231 g/mol. The predicted molar refractivity (Wildman–Crippen MR) is 63.8 cm³/mol. The van der Waals surface area contributed by atoms with Gasteiger partial charge >= 0.3 is 0 Å². The number of nitrogens with one attached hydrogen (secondary N) is 1. The van der Waals surface area contributed by atoms with Crippen LogP contribution in [0.3, 0.4) is 0 Å². The van der Waals surface area contributed by atoms with E-state index < -0.39 is 0 Å². The summed E-state index contributed by atoms with van der Waals surface area (Å²) >= 11 is 5.07. The van der Waals surface area contributed by atoms with Gasteiger partial charge < -0.3 is 4.98 Å². The molecule has 0 aliphatic heterocycles. The summed E-state index contributed by atoms with van der Waals surface area (Å²) in [6, 6.07) is 6.94. The Hall–Kier alpha value is -1.93. The van der Waals surface area contributed by atoms with E-state index in [-0.39, 0.29) is 5.56 Å². The van der Waals surface area contributed by atoms with Gasteiger partial charge in [0.05, 0.1) is 22.5 Å². The van der Waals surface area contributed by atoms with Gasteiger partial charge in [0.25, 0.3) is 5.56 Å². The Balaban J connectivity index is 2.97. The first-order valence-corrected chi connectivity index (χ1v) is 5.25. The molecule has 0 aliphatic carbocycles. The fraction of sp³-hybridized carbons (Fsp3) is 0.182. The minimum Gasteiger partial charge on any atom is -0.332 e. The molecule has 1 aromatic carbocycles. The van der Waals surface area contributed by atoms with Gasteiger partial charge in [-0.15, -0.1) is 0 Å². The Labute approximate surface area is 96.8 Å². The highest BCUT2D eigenvalue weighted by atomic mass is 32.1. The molecule has 1 aromatic heterocycles. The maximum absolute atomic E-state index is 12.0. The maximum atomic E-state index is 12.0. The molecule has 0 aliphatic rings. The normalized spacial score (nSPS) is 10.2. The van der Waals surface area contributed by atoms with Crippen molar-refractivity contribution in [2.75, 3.05) is 0 Å². The van der Waals surface area contributed by atoms with Crippen molar-refractivity contribution in [1.82, 2.24) is 9.55 Å². The molecule has 0 saturated heterocycles. The Morgan fingerprint density at radius 3 is 2.94 bits per heavy atom. The molecule has 2 aromatic rings. The molecule has 0 atom stereocenters. The molecule has 0 fully saturated rings. The van der Waals surface area contributed by atoms with E-state index in [2.05, 4.69) is 4.98 Å². The highest BCUT2D eigenvalue weighted by Crippen LogP contribution is 2.09. The zero-order chi connectivity index (χ0) is 11.7. The van der Waals surface area contributed by atoms with Crippen molar-refractivity contribution in [3.05, 3.63) is 38.9 Å². The molecular weight excluding hydrogens is 222 g/mol. The number of hydrogen-bond acceptors (Lipinski definition) is 3. The number of aromatic nitrogens is 2. The van der Waals surface area contributed by atoms with Crippen molar-refractivity contribution in [2.45, 2.75) is 13.5 Å². The average Bonchev–Trinajstić information content (AvgIpc) is 2.29. The SMILES string of the molecule is CCn1c(=S)[nH]c2ccc(C#N)cc2c1=O. The number of nitrogens with zero attached hydrogens (tertiary/aromatic N) is 2. The van der Waals surface area contributed by atoms with Crippen molar-refractivity contribution in [2.24, 2.45) is 0 Å². The van der Waals surface area contributed by atoms with Crippen LogP contribution in [0, 0.1) is 16.1 Å². The van der Waals surface area contributed by atoms with Crippen LogP contribution in [0.25, 0.3) is 10.9 Å². The first-order chi connectivity index (χ1) is 7.67. The Morgan fingerprint density at radius 2 is 2.31 bits per heavy atom. The lowest BCUT2D eigenvalue weighted by Gasteiger charge is -2.04. The second kappa shape index (κ2) is 3.91. The molecular formula is C11H9N3OS. The van der Waals surface area contributed by atoms with Crippen molar-refractivity contribution in [1.29, 1.82) is 5.26 Å². The third kappa shape index (κ3) is 1.53. The molecule has 0 saturated carbocycles. The van der Waals surface area contributed by atoms with Gasteiger partial charge in [0, 0.05) is 6.54 Å². The summed E-state index contributed by atoms with van der Waals surface area (Å²) in [7, 11) is 0. The van der Waals surface area contributed by atoms with Gasteiger partial charge in [0.2, 0.25) is 0 Å². The molecule has 0 amide bonds. The van der Waals surface area contributed by atoms with Crippen LogP contribution >= 0.6 is 12.2 Å². The Kier molecular flexibility index (Phi) is 2.59. The summed E-state index contributed by atoms with van der Waals surface area (Å²) in [4.78, 5) is 15.0. The standard InChI is InChI=1S/C11H9N3OS/c1-2-14-10(15)8-5-7(6-12)3-4-9(8)13-11(14)16/h3-5H,2H2,1H3,(H,13,16). The summed E-state index contributed by atoms with van der Waals surface area (Å²) in [5.41, 5.74) is 0.981. The summed E-state index contributed by atoms with van der Waals surface area (Å²) in [6.45, 7) is 2.37. The van der Waals surface area contributed by atoms with Gasteiger partial charge in [-0.2, -0.15) is 5.26 Å². The van der Waals surface area contributed by atoms with Crippen molar-refractivity contribution < 1.29 is 0 Å². The molecule has 0 spiro atoms. The van der Waals surface area contributed by atoms with E-state index in [1.165, 1.54) is 4.57 Å². The highest BCUT2D eigenvalue weighted by molar-refractivity contribution is 7.71. The fourth-order valence-electron chi connectivity index (χ4n) is 1.61. The fourth-order valence-corrected chi connectivity index (χ4v) is 1.93. The minimum absolute atomic E-state index is 0.154. The van der Waals surface area contributed by atoms with Gasteiger partial charge in [-0.05, 0) is 37.3 Å². The first kappa shape index (κ1) is 10.6. The number of aromatic amines is 1. The minimum atomic E-state index is -0.154. The van der Waals surface area contributed by atoms with Crippen molar-refractivity contribution in [3.8, 4) is 6.07 Å².